The van der Waals surface area contributed by atoms with E-state index in [9.17, 15) is 10.2 Å². The predicted octanol–water partition coefficient (Wildman–Crippen LogP) is 3.66. The fraction of sp³-hybridized carbons (Fsp3) is 0.375. The van der Waals surface area contributed by atoms with Crippen LogP contribution in [0.3, 0.4) is 0 Å². The van der Waals surface area contributed by atoms with Gasteiger partial charge in [0, 0.05) is 17.0 Å². The average Bonchev–Trinajstić information content (AvgIpc) is 3.49. The van der Waals surface area contributed by atoms with Crippen molar-refractivity contribution in [2.45, 2.75) is 43.6 Å². The molecule has 1 spiro atoms. The number of aliphatic hydroxyl groups is 2. The fourth-order valence-corrected chi connectivity index (χ4v) is 6.12. The van der Waals surface area contributed by atoms with Gasteiger partial charge in [-0.2, -0.15) is 0 Å². The average molecular weight is 545 g/mol. The lowest BCUT2D eigenvalue weighted by Gasteiger charge is -2.26. The summed E-state index contributed by atoms with van der Waals surface area (Å²) in [6.07, 6.45) is 3.31. The Morgan fingerprint density at radius 2 is 2.06 bits per heavy atom. The number of anilines is 1. The molecule has 0 radical (unpaired) electrons. The van der Waals surface area contributed by atoms with Gasteiger partial charge in [-0.05, 0) is 59.0 Å². The van der Waals surface area contributed by atoms with Gasteiger partial charge in [0.15, 0.2) is 0 Å². The molecule has 1 aromatic carbocycles. The normalized spacial score (nSPS) is 29.1. The molecule has 34 heavy (non-hydrogen) atoms. The molecule has 5 atom stereocenters. The zero-order valence-electron chi connectivity index (χ0n) is 18.1. The first-order chi connectivity index (χ1) is 16.3. The van der Waals surface area contributed by atoms with Crippen molar-refractivity contribution in [3.8, 4) is 0 Å². The summed E-state index contributed by atoms with van der Waals surface area (Å²) in [6.45, 7) is 0.396. The number of rotatable bonds is 3. The molecule has 0 unspecified atom stereocenters. The Labute approximate surface area is 208 Å². The van der Waals surface area contributed by atoms with Gasteiger partial charge in [-0.1, -0.05) is 23.7 Å². The van der Waals surface area contributed by atoms with Gasteiger partial charge < -0.3 is 25.3 Å². The standard InChI is InChI=1S/C24H23BrClN5O3/c25-16-7-13-2-1-12(6-17(13)30-21(16)26)5-14-8-24(10-34-14)9-18(19(32)20(24)33)31-4-3-15-22(27)28-11-29-23(15)31/h1-4,6-7,11,14,18-20,32-33H,5,8-10H2,(H2,27,28,29)/t14-,18+,19-,20-,24-/m0/s1. The van der Waals surface area contributed by atoms with Gasteiger partial charge in [0.1, 0.15) is 29.0 Å². The molecule has 4 aromatic rings. The van der Waals surface area contributed by atoms with Crippen molar-refractivity contribution in [2.75, 3.05) is 12.3 Å². The van der Waals surface area contributed by atoms with E-state index in [2.05, 4.69) is 36.9 Å². The maximum absolute atomic E-state index is 11.1. The zero-order valence-corrected chi connectivity index (χ0v) is 20.4. The van der Waals surface area contributed by atoms with Crippen LogP contribution < -0.4 is 5.73 Å². The van der Waals surface area contributed by atoms with E-state index in [0.29, 0.717) is 42.5 Å². The minimum atomic E-state index is -0.931. The quantitative estimate of drug-likeness (QED) is 0.337. The number of nitrogens with zero attached hydrogens (tertiary/aromatic N) is 4. The van der Waals surface area contributed by atoms with E-state index < -0.39 is 17.6 Å². The fourth-order valence-electron chi connectivity index (χ4n) is 5.64. The third kappa shape index (κ3) is 3.49. The first kappa shape index (κ1) is 22.2. The van der Waals surface area contributed by atoms with Crippen molar-refractivity contribution in [1.82, 2.24) is 19.5 Å². The van der Waals surface area contributed by atoms with Crippen molar-refractivity contribution in [2.24, 2.45) is 5.41 Å². The van der Waals surface area contributed by atoms with E-state index in [1.807, 2.05) is 35.0 Å². The highest BCUT2D eigenvalue weighted by Crippen LogP contribution is 2.52. The summed E-state index contributed by atoms with van der Waals surface area (Å²) in [5.74, 6) is 0.397. The number of hydrogen-bond acceptors (Lipinski definition) is 7. The summed E-state index contributed by atoms with van der Waals surface area (Å²) in [4.78, 5) is 12.9. The van der Waals surface area contributed by atoms with Crippen LogP contribution in [0.25, 0.3) is 21.9 Å². The molecule has 6 rings (SSSR count). The van der Waals surface area contributed by atoms with Crippen LogP contribution in [-0.4, -0.2) is 54.7 Å². The number of nitrogen functional groups attached to an aromatic ring is 1. The van der Waals surface area contributed by atoms with Crippen LogP contribution >= 0.6 is 27.5 Å². The Morgan fingerprint density at radius 3 is 2.91 bits per heavy atom. The van der Waals surface area contributed by atoms with Crippen molar-refractivity contribution in [1.29, 1.82) is 0 Å². The van der Waals surface area contributed by atoms with E-state index >= 15 is 0 Å². The molecule has 0 bridgehead atoms. The highest BCUT2D eigenvalue weighted by atomic mass is 79.9. The molecule has 2 fully saturated rings. The van der Waals surface area contributed by atoms with E-state index in [0.717, 1.165) is 26.3 Å². The largest absolute Gasteiger partial charge is 0.390 e. The van der Waals surface area contributed by atoms with Gasteiger partial charge in [-0.15, -0.1) is 0 Å². The highest BCUT2D eigenvalue weighted by Gasteiger charge is 2.57. The summed E-state index contributed by atoms with van der Waals surface area (Å²) in [5, 5.41) is 24.3. The van der Waals surface area contributed by atoms with E-state index in [4.69, 9.17) is 22.1 Å². The lowest BCUT2D eigenvalue weighted by Crippen LogP contribution is -2.37. The molecular formula is C24H23BrClN5O3. The van der Waals surface area contributed by atoms with E-state index in [1.54, 1.807) is 0 Å². The van der Waals surface area contributed by atoms with Crippen molar-refractivity contribution in [3.05, 3.63) is 58.0 Å². The minimum Gasteiger partial charge on any atom is -0.390 e. The molecule has 1 aliphatic carbocycles. The minimum absolute atomic E-state index is 0.0663. The van der Waals surface area contributed by atoms with Crippen LogP contribution in [0.15, 0.2) is 47.3 Å². The molecule has 10 heteroatoms. The maximum Gasteiger partial charge on any atom is 0.145 e. The van der Waals surface area contributed by atoms with Crippen LogP contribution in [0.1, 0.15) is 24.4 Å². The lowest BCUT2D eigenvalue weighted by atomic mass is 9.80. The Morgan fingerprint density at radius 1 is 1.21 bits per heavy atom. The number of ether oxygens (including phenoxy) is 1. The predicted molar refractivity (Wildman–Crippen MR) is 133 cm³/mol. The van der Waals surface area contributed by atoms with Crippen molar-refractivity contribution < 1.29 is 14.9 Å². The number of halogens is 2. The van der Waals surface area contributed by atoms with Gasteiger partial charge in [0.05, 0.1) is 40.2 Å². The Kier molecular flexibility index (Phi) is 5.31. The lowest BCUT2D eigenvalue weighted by molar-refractivity contribution is -0.0308. The Bertz CT molecular complexity index is 1410. The number of nitrogens with two attached hydrogens (primary N) is 1. The van der Waals surface area contributed by atoms with Crippen LogP contribution in [0.2, 0.25) is 5.15 Å². The third-order valence-electron chi connectivity index (χ3n) is 7.35. The van der Waals surface area contributed by atoms with Gasteiger partial charge >= 0.3 is 0 Å². The monoisotopic (exact) mass is 543 g/mol. The van der Waals surface area contributed by atoms with E-state index in [-0.39, 0.29) is 12.1 Å². The molecule has 1 saturated carbocycles. The van der Waals surface area contributed by atoms with Crippen molar-refractivity contribution >= 4 is 55.3 Å². The van der Waals surface area contributed by atoms with Crippen LogP contribution in [0.5, 0.6) is 0 Å². The SMILES string of the molecule is Nc1ncnc2c1ccn2[C@@H]1C[C@@]2(CO[C@@H](Cc3ccc4cc(Br)c(Cl)nc4c3)C2)[C@@H](O)[C@H]1O. The molecular weight excluding hydrogens is 522 g/mol. The molecule has 3 aromatic heterocycles. The number of pyridine rings is 1. The summed E-state index contributed by atoms with van der Waals surface area (Å²) >= 11 is 9.58. The highest BCUT2D eigenvalue weighted by molar-refractivity contribution is 9.10. The van der Waals surface area contributed by atoms with Crippen LogP contribution in [0.4, 0.5) is 5.82 Å². The molecule has 1 saturated heterocycles. The Balaban J connectivity index is 1.23. The van der Waals surface area contributed by atoms with Gasteiger partial charge in [-0.3, -0.25) is 0 Å². The summed E-state index contributed by atoms with van der Waals surface area (Å²) in [6, 6.07) is 9.60. The number of aliphatic hydroxyl groups excluding tert-OH is 2. The van der Waals surface area contributed by atoms with E-state index in [1.165, 1.54) is 6.33 Å². The second kappa shape index (κ2) is 8.13. The smallest absolute Gasteiger partial charge is 0.145 e. The maximum atomic E-state index is 11.1. The summed E-state index contributed by atoms with van der Waals surface area (Å²) in [5.41, 5.74) is 8.03. The molecule has 4 heterocycles. The summed E-state index contributed by atoms with van der Waals surface area (Å²) in [7, 11) is 0. The van der Waals surface area contributed by atoms with Crippen LogP contribution in [-0.2, 0) is 11.2 Å². The number of aromatic nitrogens is 4. The first-order valence-electron chi connectivity index (χ1n) is 11.1. The number of benzene rings is 1. The van der Waals surface area contributed by atoms with Gasteiger partial charge in [-0.25, -0.2) is 15.0 Å². The number of hydrogen-bond donors (Lipinski definition) is 3. The van der Waals surface area contributed by atoms with Gasteiger partial charge in [0.2, 0.25) is 0 Å². The second-order valence-corrected chi connectivity index (χ2v) is 10.6. The van der Waals surface area contributed by atoms with Crippen molar-refractivity contribution in [3.63, 3.8) is 0 Å². The third-order valence-corrected chi connectivity index (χ3v) is 8.48. The summed E-state index contributed by atoms with van der Waals surface area (Å²) < 4.78 is 8.83. The molecule has 8 nitrogen and oxygen atoms in total. The first-order valence-corrected chi connectivity index (χ1v) is 12.3. The molecule has 4 N–H and O–H groups in total. The van der Waals surface area contributed by atoms with Crippen LogP contribution in [0, 0.1) is 5.41 Å². The molecule has 176 valence electrons. The Hall–Kier alpha value is -2.30. The topological polar surface area (TPSA) is 119 Å². The molecule has 0 amide bonds. The second-order valence-electron chi connectivity index (χ2n) is 9.42. The number of fused-ring (bicyclic) bond motifs is 2. The molecule has 2 aliphatic rings. The molecule has 1 aliphatic heterocycles. The van der Waals surface area contributed by atoms with Gasteiger partial charge in [0.25, 0.3) is 0 Å². The zero-order chi connectivity index (χ0) is 23.6.